The number of urea groups is 1. The first-order valence-electron chi connectivity index (χ1n) is 6.78. The third-order valence-electron chi connectivity index (χ3n) is 3.32. The molecule has 2 aromatic rings. The van der Waals surface area contributed by atoms with Gasteiger partial charge in [0.1, 0.15) is 0 Å². The quantitative estimate of drug-likeness (QED) is 0.890. The van der Waals surface area contributed by atoms with E-state index in [9.17, 15) is 9.59 Å². The van der Waals surface area contributed by atoms with Crippen LogP contribution in [0.15, 0.2) is 24.3 Å². The summed E-state index contributed by atoms with van der Waals surface area (Å²) in [5.41, 5.74) is 0.848. The van der Waals surface area contributed by atoms with Gasteiger partial charge in [-0.25, -0.2) is 9.78 Å². The van der Waals surface area contributed by atoms with Crippen molar-refractivity contribution in [2.75, 3.05) is 11.9 Å². The summed E-state index contributed by atoms with van der Waals surface area (Å²) in [6.45, 7) is 0.233. The van der Waals surface area contributed by atoms with Gasteiger partial charge >= 0.3 is 12.0 Å². The van der Waals surface area contributed by atoms with Gasteiger partial charge in [0.25, 0.3) is 0 Å². The number of para-hydroxylation sites is 1. The normalized spacial score (nSPS) is 14.1. The van der Waals surface area contributed by atoms with Gasteiger partial charge in [0, 0.05) is 12.6 Å². The van der Waals surface area contributed by atoms with Crippen molar-refractivity contribution >= 4 is 38.7 Å². The molecular weight excluding hydrogens is 290 g/mol. The fraction of sp³-hybridized carbons (Fsp3) is 0.357. The minimum absolute atomic E-state index is 0.0379. The van der Waals surface area contributed by atoms with Gasteiger partial charge < -0.3 is 10.0 Å². The molecule has 0 radical (unpaired) electrons. The van der Waals surface area contributed by atoms with E-state index in [2.05, 4.69) is 10.3 Å². The first kappa shape index (κ1) is 13.8. The molecule has 1 heterocycles. The summed E-state index contributed by atoms with van der Waals surface area (Å²) in [5.74, 6) is -0.895. The highest BCUT2D eigenvalue weighted by molar-refractivity contribution is 7.22. The number of carbonyl (C=O) groups is 2. The zero-order chi connectivity index (χ0) is 14.8. The molecular formula is C14H15N3O3S. The average Bonchev–Trinajstić information content (AvgIpc) is 3.18. The van der Waals surface area contributed by atoms with Crippen LogP contribution < -0.4 is 5.32 Å². The number of fused-ring (bicyclic) bond motifs is 1. The predicted molar refractivity (Wildman–Crippen MR) is 80.6 cm³/mol. The summed E-state index contributed by atoms with van der Waals surface area (Å²) in [7, 11) is 0. The largest absolute Gasteiger partial charge is 0.481 e. The maximum Gasteiger partial charge on any atom is 0.323 e. The van der Waals surface area contributed by atoms with Crippen LogP contribution in [0, 0.1) is 0 Å². The Hall–Kier alpha value is -2.15. The molecule has 0 aliphatic heterocycles. The van der Waals surface area contributed by atoms with Crippen molar-refractivity contribution in [3.8, 4) is 0 Å². The van der Waals surface area contributed by atoms with E-state index in [4.69, 9.17) is 5.11 Å². The minimum atomic E-state index is -0.895. The van der Waals surface area contributed by atoms with Crippen molar-refractivity contribution < 1.29 is 14.7 Å². The maximum absolute atomic E-state index is 12.3. The van der Waals surface area contributed by atoms with Crippen LogP contribution >= 0.6 is 11.3 Å². The number of aliphatic carboxylic acids is 1. The van der Waals surface area contributed by atoms with Crippen molar-refractivity contribution in [2.45, 2.75) is 25.3 Å². The molecule has 1 fully saturated rings. The monoisotopic (exact) mass is 305 g/mol. The predicted octanol–water partition coefficient (Wildman–Crippen LogP) is 2.77. The van der Waals surface area contributed by atoms with Crippen LogP contribution in [0.4, 0.5) is 9.93 Å². The Morgan fingerprint density at radius 1 is 1.38 bits per heavy atom. The van der Waals surface area contributed by atoms with Crippen LogP contribution in [0.1, 0.15) is 19.3 Å². The second-order valence-electron chi connectivity index (χ2n) is 4.99. The second kappa shape index (κ2) is 5.69. The molecule has 1 aromatic carbocycles. The molecule has 0 unspecified atom stereocenters. The zero-order valence-electron chi connectivity index (χ0n) is 11.3. The Labute approximate surface area is 125 Å². The van der Waals surface area contributed by atoms with E-state index in [1.54, 1.807) is 4.90 Å². The molecule has 0 atom stereocenters. The van der Waals surface area contributed by atoms with Crippen molar-refractivity contribution in [3.63, 3.8) is 0 Å². The van der Waals surface area contributed by atoms with E-state index in [0.29, 0.717) is 5.13 Å². The molecule has 110 valence electrons. The summed E-state index contributed by atoms with van der Waals surface area (Å²) in [6, 6.07) is 7.57. The molecule has 6 nitrogen and oxygen atoms in total. The minimum Gasteiger partial charge on any atom is -0.481 e. The molecule has 0 spiro atoms. The molecule has 0 saturated heterocycles. The SMILES string of the molecule is O=C(O)CCN(C(=O)Nc1nc2ccccc2s1)C1CC1. The van der Waals surface area contributed by atoms with Crippen LogP contribution in [0.25, 0.3) is 10.2 Å². The van der Waals surface area contributed by atoms with Crippen molar-refractivity contribution in [1.82, 2.24) is 9.88 Å². The van der Waals surface area contributed by atoms with E-state index in [1.807, 2.05) is 24.3 Å². The van der Waals surface area contributed by atoms with E-state index in [1.165, 1.54) is 11.3 Å². The fourth-order valence-electron chi connectivity index (χ4n) is 2.14. The number of hydrogen-bond acceptors (Lipinski definition) is 4. The Kier molecular flexibility index (Phi) is 3.74. The van der Waals surface area contributed by atoms with Crippen molar-refractivity contribution in [2.24, 2.45) is 0 Å². The number of rotatable bonds is 5. The van der Waals surface area contributed by atoms with Crippen molar-refractivity contribution in [1.29, 1.82) is 0 Å². The molecule has 1 aliphatic rings. The molecule has 1 aromatic heterocycles. The Bertz CT molecular complexity index is 648. The lowest BCUT2D eigenvalue weighted by molar-refractivity contribution is -0.137. The number of thiazole rings is 1. The molecule has 3 rings (SSSR count). The lowest BCUT2D eigenvalue weighted by atomic mass is 10.3. The van der Waals surface area contributed by atoms with Gasteiger partial charge in [0.15, 0.2) is 5.13 Å². The molecule has 1 aliphatic carbocycles. The van der Waals surface area contributed by atoms with Gasteiger partial charge in [-0.2, -0.15) is 0 Å². The van der Waals surface area contributed by atoms with Crippen LogP contribution in [0.2, 0.25) is 0 Å². The van der Waals surface area contributed by atoms with Gasteiger partial charge in [0.2, 0.25) is 0 Å². The summed E-state index contributed by atoms with van der Waals surface area (Å²) in [6.07, 6.45) is 1.84. The number of carboxylic acid groups (broad SMARTS) is 1. The van der Waals surface area contributed by atoms with Crippen LogP contribution in [-0.4, -0.2) is 39.6 Å². The Morgan fingerprint density at radius 3 is 2.81 bits per heavy atom. The second-order valence-corrected chi connectivity index (χ2v) is 6.02. The van der Waals surface area contributed by atoms with Gasteiger partial charge in [-0.05, 0) is 25.0 Å². The zero-order valence-corrected chi connectivity index (χ0v) is 12.1. The number of amides is 2. The average molecular weight is 305 g/mol. The first-order valence-corrected chi connectivity index (χ1v) is 7.60. The van der Waals surface area contributed by atoms with Gasteiger partial charge in [0.05, 0.1) is 16.6 Å². The number of nitrogens with zero attached hydrogens (tertiary/aromatic N) is 2. The Balaban J connectivity index is 1.69. The molecule has 0 bridgehead atoms. The smallest absolute Gasteiger partial charge is 0.323 e. The lowest BCUT2D eigenvalue weighted by Gasteiger charge is -2.21. The summed E-state index contributed by atoms with van der Waals surface area (Å²) in [4.78, 5) is 28.9. The van der Waals surface area contributed by atoms with E-state index in [0.717, 1.165) is 23.1 Å². The molecule has 21 heavy (non-hydrogen) atoms. The van der Waals surface area contributed by atoms with Crippen LogP contribution in [0.5, 0.6) is 0 Å². The number of nitrogens with one attached hydrogen (secondary N) is 1. The third kappa shape index (κ3) is 3.30. The number of anilines is 1. The Morgan fingerprint density at radius 2 is 2.14 bits per heavy atom. The van der Waals surface area contributed by atoms with E-state index < -0.39 is 5.97 Å². The topological polar surface area (TPSA) is 82.5 Å². The number of aromatic nitrogens is 1. The van der Waals surface area contributed by atoms with Crippen molar-refractivity contribution in [3.05, 3.63) is 24.3 Å². The molecule has 2 amide bonds. The highest BCUT2D eigenvalue weighted by Gasteiger charge is 2.33. The maximum atomic E-state index is 12.3. The number of carboxylic acids is 1. The lowest BCUT2D eigenvalue weighted by Crippen LogP contribution is -2.38. The summed E-state index contributed by atoms with van der Waals surface area (Å²) in [5, 5.41) is 12.1. The summed E-state index contributed by atoms with van der Waals surface area (Å²) >= 11 is 1.41. The van der Waals surface area contributed by atoms with E-state index >= 15 is 0 Å². The third-order valence-corrected chi connectivity index (χ3v) is 4.27. The first-order chi connectivity index (χ1) is 10.1. The molecule has 7 heteroatoms. The molecule has 1 saturated carbocycles. The number of hydrogen-bond donors (Lipinski definition) is 2. The fourth-order valence-corrected chi connectivity index (χ4v) is 3.00. The molecule has 2 N–H and O–H groups in total. The van der Waals surface area contributed by atoms with E-state index in [-0.39, 0.29) is 25.0 Å². The number of carbonyl (C=O) groups excluding carboxylic acids is 1. The van der Waals surface area contributed by atoms with Gasteiger partial charge in [-0.3, -0.25) is 10.1 Å². The standard InChI is InChI=1S/C14H15N3O3S/c18-12(19)7-8-17(9-5-6-9)14(20)16-13-15-10-3-1-2-4-11(10)21-13/h1-4,9H,5-8H2,(H,18,19)(H,15,16,20). The van der Waals surface area contributed by atoms with Crippen LogP contribution in [-0.2, 0) is 4.79 Å². The van der Waals surface area contributed by atoms with Gasteiger partial charge in [-0.1, -0.05) is 23.5 Å². The van der Waals surface area contributed by atoms with Gasteiger partial charge in [-0.15, -0.1) is 0 Å². The summed E-state index contributed by atoms with van der Waals surface area (Å²) < 4.78 is 1.01. The van der Waals surface area contributed by atoms with Crippen LogP contribution in [0.3, 0.4) is 0 Å². The highest BCUT2D eigenvalue weighted by atomic mass is 32.1. The highest BCUT2D eigenvalue weighted by Crippen LogP contribution is 2.29. The number of benzene rings is 1.